The molecule has 0 atom stereocenters. The van der Waals surface area contributed by atoms with Crippen LogP contribution in [-0.4, -0.2) is 49.9 Å². The fourth-order valence-electron chi connectivity index (χ4n) is 4.37. The average molecular weight is 507 g/mol. The second-order valence-corrected chi connectivity index (χ2v) is 10.9. The van der Waals surface area contributed by atoms with E-state index in [1.807, 2.05) is 6.92 Å². The van der Waals surface area contributed by atoms with Gasteiger partial charge in [-0.2, -0.15) is 9.41 Å². The minimum absolute atomic E-state index is 0.247. The number of rotatable bonds is 5. The Morgan fingerprint density at radius 2 is 1.69 bits per heavy atom. The topological polar surface area (TPSA) is 83.0 Å². The molecule has 0 unspecified atom stereocenters. The molecular formula is C26H26N4O3S2. The van der Waals surface area contributed by atoms with E-state index >= 15 is 0 Å². The van der Waals surface area contributed by atoms with Gasteiger partial charge < -0.3 is 10.1 Å². The molecule has 0 aromatic heterocycles. The van der Waals surface area contributed by atoms with Gasteiger partial charge >= 0.3 is 0 Å². The van der Waals surface area contributed by atoms with E-state index in [1.165, 1.54) is 26.6 Å². The van der Waals surface area contributed by atoms with E-state index in [4.69, 9.17) is 17.0 Å². The zero-order chi connectivity index (χ0) is 24.4. The summed E-state index contributed by atoms with van der Waals surface area (Å²) in [5, 5.41) is 7.80. The number of hydrogen-bond acceptors (Lipinski definition) is 5. The Kier molecular flexibility index (Phi) is 6.66. The molecule has 0 amide bonds. The highest BCUT2D eigenvalue weighted by atomic mass is 32.2. The van der Waals surface area contributed by atoms with Gasteiger partial charge in [-0.15, -0.1) is 0 Å². The van der Waals surface area contributed by atoms with Crippen molar-refractivity contribution in [2.75, 3.05) is 31.6 Å². The van der Waals surface area contributed by atoms with Crippen molar-refractivity contribution in [1.29, 1.82) is 0 Å². The number of hydrogen-bond donors (Lipinski definition) is 2. The van der Waals surface area contributed by atoms with E-state index in [0.29, 0.717) is 37.1 Å². The number of thiocarbonyl (C=S) groups is 1. The Hall–Kier alpha value is -3.11. The first-order chi connectivity index (χ1) is 16.9. The number of morpholine rings is 1. The molecule has 2 aliphatic rings. The summed E-state index contributed by atoms with van der Waals surface area (Å²) in [4.78, 5) is 0.247. The zero-order valence-electron chi connectivity index (χ0n) is 19.3. The molecule has 180 valence electrons. The lowest BCUT2D eigenvalue weighted by Crippen LogP contribution is -2.40. The Balaban J connectivity index is 1.21. The molecule has 0 spiro atoms. The average Bonchev–Trinajstić information content (AvgIpc) is 3.26. The highest BCUT2D eigenvalue weighted by molar-refractivity contribution is 7.89. The summed E-state index contributed by atoms with van der Waals surface area (Å²) in [6.45, 7) is 3.50. The fraction of sp³-hybridized carbons (Fsp3) is 0.231. The van der Waals surface area contributed by atoms with Crippen molar-refractivity contribution >= 4 is 38.8 Å². The van der Waals surface area contributed by atoms with E-state index < -0.39 is 10.0 Å². The van der Waals surface area contributed by atoms with Gasteiger partial charge in [0, 0.05) is 18.8 Å². The van der Waals surface area contributed by atoms with E-state index in [1.54, 1.807) is 24.3 Å². The molecule has 1 saturated heterocycles. The third kappa shape index (κ3) is 4.99. The van der Waals surface area contributed by atoms with Crippen molar-refractivity contribution in [1.82, 2.24) is 9.73 Å². The molecular weight excluding hydrogens is 480 g/mol. The third-order valence-corrected chi connectivity index (χ3v) is 8.36. The van der Waals surface area contributed by atoms with Crippen LogP contribution in [0.2, 0.25) is 0 Å². The van der Waals surface area contributed by atoms with Crippen molar-refractivity contribution in [2.45, 2.75) is 18.2 Å². The van der Waals surface area contributed by atoms with Gasteiger partial charge in [-0.3, -0.25) is 5.43 Å². The van der Waals surface area contributed by atoms with Crippen molar-refractivity contribution in [2.24, 2.45) is 5.10 Å². The molecule has 5 rings (SSSR count). The SMILES string of the molecule is C/C(=N\NC(=S)Nc1ccc(S(=O)(=O)N2CCOCC2)cc1)c1ccc2c(c1)Cc1ccccc1-2. The van der Waals surface area contributed by atoms with Crippen molar-refractivity contribution < 1.29 is 13.2 Å². The van der Waals surface area contributed by atoms with Crippen LogP contribution in [0.3, 0.4) is 0 Å². The van der Waals surface area contributed by atoms with E-state index in [-0.39, 0.29) is 4.90 Å². The summed E-state index contributed by atoms with van der Waals surface area (Å²) in [7, 11) is -3.53. The van der Waals surface area contributed by atoms with Crippen LogP contribution in [0.1, 0.15) is 23.6 Å². The maximum absolute atomic E-state index is 12.8. The lowest BCUT2D eigenvalue weighted by atomic mass is 10.0. The van der Waals surface area contributed by atoms with Gasteiger partial charge in [-0.05, 0) is 83.7 Å². The van der Waals surface area contributed by atoms with Crippen LogP contribution >= 0.6 is 12.2 Å². The minimum Gasteiger partial charge on any atom is -0.379 e. The molecule has 0 saturated carbocycles. The Bertz CT molecular complexity index is 1400. The van der Waals surface area contributed by atoms with Gasteiger partial charge in [-0.25, -0.2) is 8.42 Å². The van der Waals surface area contributed by atoms with Crippen LogP contribution < -0.4 is 10.7 Å². The predicted molar refractivity (Wildman–Crippen MR) is 142 cm³/mol. The van der Waals surface area contributed by atoms with Crippen LogP contribution in [0.5, 0.6) is 0 Å². The van der Waals surface area contributed by atoms with Crippen LogP contribution in [0.4, 0.5) is 5.69 Å². The van der Waals surface area contributed by atoms with Gasteiger partial charge in [0.15, 0.2) is 5.11 Å². The molecule has 1 aliphatic carbocycles. The van der Waals surface area contributed by atoms with Crippen molar-refractivity contribution in [3.05, 3.63) is 83.4 Å². The minimum atomic E-state index is -3.53. The molecule has 1 heterocycles. The van der Waals surface area contributed by atoms with Gasteiger partial charge in [0.25, 0.3) is 0 Å². The number of benzene rings is 3. The van der Waals surface area contributed by atoms with Crippen LogP contribution in [0.15, 0.2) is 76.7 Å². The largest absolute Gasteiger partial charge is 0.379 e. The van der Waals surface area contributed by atoms with Gasteiger partial charge in [-0.1, -0.05) is 36.4 Å². The number of sulfonamides is 1. The maximum atomic E-state index is 12.8. The Labute approximate surface area is 210 Å². The molecule has 3 aromatic rings. The van der Waals surface area contributed by atoms with Crippen molar-refractivity contribution in [3.63, 3.8) is 0 Å². The number of anilines is 1. The summed E-state index contributed by atoms with van der Waals surface area (Å²) in [5.41, 5.74) is 10.6. The van der Waals surface area contributed by atoms with Crippen molar-refractivity contribution in [3.8, 4) is 11.1 Å². The van der Waals surface area contributed by atoms with Crippen LogP contribution in [0.25, 0.3) is 11.1 Å². The first kappa shape index (κ1) is 23.6. The summed E-state index contributed by atoms with van der Waals surface area (Å²) in [6, 6.07) is 21.4. The molecule has 2 N–H and O–H groups in total. The molecule has 0 radical (unpaired) electrons. The summed E-state index contributed by atoms with van der Waals surface area (Å²) in [5.74, 6) is 0. The monoisotopic (exact) mass is 506 g/mol. The van der Waals surface area contributed by atoms with Gasteiger partial charge in [0.1, 0.15) is 0 Å². The third-order valence-electron chi connectivity index (χ3n) is 6.26. The number of nitrogens with one attached hydrogen (secondary N) is 2. The lowest BCUT2D eigenvalue weighted by Gasteiger charge is -2.26. The molecule has 0 bridgehead atoms. The number of ether oxygens (including phenoxy) is 1. The highest BCUT2D eigenvalue weighted by Crippen LogP contribution is 2.36. The molecule has 9 heteroatoms. The van der Waals surface area contributed by atoms with Gasteiger partial charge in [0.2, 0.25) is 10.0 Å². The standard InChI is InChI=1S/C26H26N4O3S2/c1-18(19-6-11-25-21(16-19)17-20-4-2-3-5-24(20)25)28-29-26(34)27-22-7-9-23(10-8-22)35(31,32)30-12-14-33-15-13-30/h2-11,16H,12-15,17H2,1H3,(H2,27,29,34)/b28-18+. The van der Waals surface area contributed by atoms with E-state index in [9.17, 15) is 8.42 Å². The second kappa shape index (κ2) is 9.87. The lowest BCUT2D eigenvalue weighted by molar-refractivity contribution is 0.0730. The molecule has 1 fully saturated rings. The Morgan fingerprint density at radius 3 is 2.46 bits per heavy atom. The summed E-state index contributed by atoms with van der Waals surface area (Å²) >= 11 is 5.37. The quantitative estimate of drug-likeness (QED) is 0.242. The predicted octanol–water partition coefficient (Wildman–Crippen LogP) is 3.99. The highest BCUT2D eigenvalue weighted by Gasteiger charge is 2.26. The number of nitrogens with zero attached hydrogens (tertiary/aromatic N) is 2. The molecule has 35 heavy (non-hydrogen) atoms. The Morgan fingerprint density at radius 1 is 0.971 bits per heavy atom. The second-order valence-electron chi connectivity index (χ2n) is 8.51. The number of hydrazone groups is 1. The van der Waals surface area contributed by atoms with Crippen LogP contribution in [0, 0.1) is 0 Å². The summed E-state index contributed by atoms with van der Waals surface area (Å²) < 4.78 is 32.2. The first-order valence-corrected chi connectivity index (χ1v) is 13.3. The normalized spacial score (nSPS) is 15.9. The van der Waals surface area contributed by atoms with E-state index in [0.717, 1.165) is 17.7 Å². The zero-order valence-corrected chi connectivity index (χ0v) is 21.0. The molecule has 7 nitrogen and oxygen atoms in total. The summed E-state index contributed by atoms with van der Waals surface area (Å²) in [6.07, 6.45) is 0.928. The van der Waals surface area contributed by atoms with Crippen LogP contribution in [-0.2, 0) is 21.2 Å². The first-order valence-electron chi connectivity index (χ1n) is 11.4. The van der Waals surface area contributed by atoms with Gasteiger partial charge in [0.05, 0.1) is 23.8 Å². The smallest absolute Gasteiger partial charge is 0.243 e. The molecule has 1 aliphatic heterocycles. The maximum Gasteiger partial charge on any atom is 0.243 e. The fourth-order valence-corrected chi connectivity index (χ4v) is 5.95. The molecule has 3 aromatic carbocycles. The number of fused-ring (bicyclic) bond motifs is 3. The van der Waals surface area contributed by atoms with E-state index in [2.05, 4.69) is 58.3 Å².